The fraction of sp³-hybridized carbons (Fsp3) is 0.600. The van der Waals surface area contributed by atoms with Crippen LogP contribution in [-0.4, -0.2) is 19.2 Å². The summed E-state index contributed by atoms with van der Waals surface area (Å²) in [7, 11) is 0. The van der Waals surface area contributed by atoms with Gasteiger partial charge in [-0.25, -0.2) is 0 Å². The van der Waals surface area contributed by atoms with Gasteiger partial charge in [0.1, 0.15) is 11.9 Å². The van der Waals surface area contributed by atoms with E-state index in [0.717, 1.165) is 25.3 Å². The van der Waals surface area contributed by atoms with E-state index in [2.05, 4.69) is 51.2 Å². The van der Waals surface area contributed by atoms with Gasteiger partial charge in [0.15, 0.2) is 0 Å². The fourth-order valence-corrected chi connectivity index (χ4v) is 2.24. The van der Waals surface area contributed by atoms with Crippen LogP contribution in [0.5, 0.6) is 5.75 Å². The van der Waals surface area contributed by atoms with Gasteiger partial charge in [-0.05, 0) is 36.9 Å². The van der Waals surface area contributed by atoms with Crippen molar-refractivity contribution >= 4 is 0 Å². The monoisotopic (exact) mass is 233 g/mol. The van der Waals surface area contributed by atoms with Gasteiger partial charge in [0.2, 0.25) is 0 Å². The smallest absolute Gasteiger partial charge is 0.123 e. The average molecular weight is 233 g/mol. The van der Waals surface area contributed by atoms with E-state index >= 15 is 0 Å². The van der Waals surface area contributed by atoms with Crippen LogP contribution < -0.4 is 10.1 Å². The molecule has 2 heteroatoms. The summed E-state index contributed by atoms with van der Waals surface area (Å²) in [5.41, 5.74) is 2.74. The first-order valence-electron chi connectivity index (χ1n) is 6.45. The van der Waals surface area contributed by atoms with Crippen LogP contribution in [-0.2, 0) is 5.41 Å². The molecule has 1 aromatic carbocycles. The first-order chi connectivity index (χ1) is 7.97. The molecule has 1 fully saturated rings. The van der Waals surface area contributed by atoms with Crippen molar-refractivity contribution in [2.75, 3.05) is 13.1 Å². The van der Waals surface area contributed by atoms with Crippen LogP contribution >= 0.6 is 0 Å². The Hall–Kier alpha value is -1.02. The zero-order chi connectivity index (χ0) is 12.5. The number of hydrogen-bond acceptors (Lipinski definition) is 2. The number of rotatable bonds is 2. The second-order valence-corrected chi connectivity index (χ2v) is 5.98. The molecule has 1 saturated heterocycles. The Morgan fingerprint density at radius 2 is 2.06 bits per heavy atom. The highest BCUT2D eigenvalue weighted by Crippen LogP contribution is 2.33. The van der Waals surface area contributed by atoms with Crippen molar-refractivity contribution in [3.05, 3.63) is 29.3 Å². The van der Waals surface area contributed by atoms with E-state index in [0.29, 0.717) is 6.10 Å². The molecule has 1 aliphatic rings. The molecule has 0 aliphatic carbocycles. The third kappa shape index (κ3) is 3.01. The van der Waals surface area contributed by atoms with E-state index in [-0.39, 0.29) is 5.41 Å². The minimum Gasteiger partial charge on any atom is -0.489 e. The third-order valence-electron chi connectivity index (χ3n) is 3.25. The molecule has 1 aromatic rings. The molecule has 0 radical (unpaired) electrons. The first-order valence-corrected chi connectivity index (χ1v) is 6.45. The Morgan fingerprint density at radius 3 is 2.65 bits per heavy atom. The zero-order valence-electron chi connectivity index (χ0n) is 11.3. The van der Waals surface area contributed by atoms with Crippen molar-refractivity contribution in [2.45, 2.75) is 45.6 Å². The van der Waals surface area contributed by atoms with Crippen molar-refractivity contribution in [1.82, 2.24) is 5.32 Å². The summed E-state index contributed by atoms with van der Waals surface area (Å²) in [5, 5.41) is 3.34. The standard InChI is InChI=1S/C15H23NO/c1-11-5-6-14(13(9-11)15(2,3)4)17-12-7-8-16-10-12/h5-6,9,12,16H,7-8,10H2,1-4H3. The van der Waals surface area contributed by atoms with Crippen LogP contribution in [0.3, 0.4) is 0 Å². The van der Waals surface area contributed by atoms with Gasteiger partial charge in [0.25, 0.3) is 0 Å². The van der Waals surface area contributed by atoms with E-state index in [1.54, 1.807) is 0 Å². The fourth-order valence-electron chi connectivity index (χ4n) is 2.24. The van der Waals surface area contributed by atoms with E-state index in [4.69, 9.17) is 4.74 Å². The van der Waals surface area contributed by atoms with Gasteiger partial charge in [0.05, 0.1) is 0 Å². The quantitative estimate of drug-likeness (QED) is 0.847. The summed E-state index contributed by atoms with van der Waals surface area (Å²) in [6.07, 6.45) is 1.44. The third-order valence-corrected chi connectivity index (χ3v) is 3.25. The molecule has 17 heavy (non-hydrogen) atoms. The van der Waals surface area contributed by atoms with Crippen molar-refractivity contribution in [1.29, 1.82) is 0 Å². The minimum absolute atomic E-state index is 0.132. The topological polar surface area (TPSA) is 21.3 Å². The van der Waals surface area contributed by atoms with Crippen LogP contribution in [0.4, 0.5) is 0 Å². The Morgan fingerprint density at radius 1 is 1.29 bits per heavy atom. The predicted molar refractivity (Wildman–Crippen MR) is 71.8 cm³/mol. The Bertz CT molecular complexity index is 386. The lowest BCUT2D eigenvalue weighted by molar-refractivity contribution is 0.218. The second kappa shape index (κ2) is 4.69. The van der Waals surface area contributed by atoms with Gasteiger partial charge in [-0.15, -0.1) is 0 Å². The Labute approximate surface area is 104 Å². The minimum atomic E-state index is 0.132. The summed E-state index contributed by atoms with van der Waals surface area (Å²) in [6.45, 7) is 10.9. The molecule has 0 aromatic heterocycles. The highest BCUT2D eigenvalue weighted by atomic mass is 16.5. The highest BCUT2D eigenvalue weighted by molar-refractivity contribution is 5.41. The number of aryl methyl sites for hydroxylation is 1. The molecule has 1 atom stereocenters. The maximum Gasteiger partial charge on any atom is 0.123 e. The maximum atomic E-state index is 6.13. The Balaban J connectivity index is 2.25. The number of benzene rings is 1. The summed E-state index contributed by atoms with van der Waals surface area (Å²) in [5.74, 6) is 1.05. The zero-order valence-corrected chi connectivity index (χ0v) is 11.3. The summed E-state index contributed by atoms with van der Waals surface area (Å²) < 4.78 is 6.13. The van der Waals surface area contributed by atoms with Gasteiger partial charge in [-0.1, -0.05) is 38.5 Å². The van der Waals surface area contributed by atoms with E-state index < -0.39 is 0 Å². The second-order valence-electron chi connectivity index (χ2n) is 5.98. The molecule has 0 spiro atoms. The molecule has 2 nitrogen and oxygen atoms in total. The molecular weight excluding hydrogens is 210 g/mol. The Kier molecular flexibility index (Phi) is 3.43. The normalized spacial score (nSPS) is 20.6. The van der Waals surface area contributed by atoms with Crippen LogP contribution in [0.1, 0.15) is 38.3 Å². The first kappa shape index (κ1) is 12.4. The van der Waals surface area contributed by atoms with Crippen LogP contribution in [0.15, 0.2) is 18.2 Å². The van der Waals surface area contributed by atoms with Crippen molar-refractivity contribution in [2.24, 2.45) is 0 Å². The summed E-state index contributed by atoms with van der Waals surface area (Å²) in [4.78, 5) is 0. The summed E-state index contributed by atoms with van der Waals surface area (Å²) >= 11 is 0. The molecule has 1 heterocycles. The molecule has 2 rings (SSSR count). The molecule has 0 bridgehead atoms. The molecule has 0 saturated carbocycles. The van der Waals surface area contributed by atoms with Gasteiger partial charge in [-0.3, -0.25) is 0 Å². The van der Waals surface area contributed by atoms with E-state index in [1.807, 2.05) is 0 Å². The SMILES string of the molecule is Cc1ccc(OC2CCNC2)c(C(C)(C)C)c1. The van der Waals surface area contributed by atoms with E-state index in [9.17, 15) is 0 Å². The predicted octanol–water partition coefficient (Wildman–Crippen LogP) is 3.03. The largest absolute Gasteiger partial charge is 0.489 e. The number of hydrogen-bond donors (Lipinski definition) is 1. The molecule has 1 unspecified atom stereocenters. The van der Waals surface area contributed by atoms with Crippen LogP contribution in [0.2, 0.25) is 0 Å². The number of ether oxygens (including phenoxy) is 1. The molecular formula is C15H23NO. The van der Waals surface area contributed by atoms with Crippen molar-refractivity contribution < 1.29 is 4.74 Å². The van der Waals surface area contributed by atoms with Crippen LogP contribution in [0, 0.1) is 6.92 Å². The van der Waals surface area contributed by atoms with Crippen molar-refractivity contribution in [3.63, 3.8) is 0 Å². The van der Waals surface area contributed by atoms with Crippen LogP contribution in [0.25, 0.3) is 0 Å². The van der Waals surface area contributed by atoms with Gasteiger partial charge < -0.3 is 10.1 Å². The molecule has 0 amide bonds. The van der Waals surface area contributed by atoms with Gasteiger partial charge in [0, 0.05) is 6.54 Å². The summed E-state index contributed by atoms with van der Waals surface area (Å²) in [6, 6.07) is 6.50. The van der Waals surface area contributed by atoms with Gasteiger partial charge >= 0.3 is 0 Å². The van der Waals surface area contributed by atoms with Gasteiger partial charge in [-0.2, -0.15) is 0 Å². The maximum absolute atomic E-state index is 6.13. The lowest BCUT2D eigenvalue weighted by atomic mass is 9.85. The molecule has 94 valence electrons. The highest BCUT2D eigenvalue weighted by Gasteiger charge is 2.22. The molecule has 1 N–H and O–H groups in total. The van der Waals surface area contributed by atoms with E-state index in [1.165, 1.54) is 11.1 Å². The lowest BCUT2D eigenvalue weighted by Gasteiger charge is -2.25. The van der Waals surface area contributed by atoms with Crippen molar-refractivity contribution in [3.8, 4) is 5.75 Å². The number of nitrogens with one attached hydrogen (secondary N) is 1. The lowest BCUT2D eigenvalue weighted by Crippen LogP contribution is -2.22. The molecule has 1 aliphatic heterocycles. The average Bonchev–Trinajstić information content (AvgIpc) is 2.72.